The van der Waals surface area contributed by atoms with Crippen LogP contribution >= 0.6 is 0 Å². The largest absolute Gasteiger partial charge is 0.496 e. The number of amides is 1. The summed E-state index contributed by atoms with van der Waals surface area (Å²) in [7, 11) is -2.36. The fraction of sp³-hybridized carbons (Fsp3) is 0.267. The molecule has 5 aromatic rings. The SMILES string of the molecule is COc1cc(-n2cnc(Nc3nc(N4CCC[C@H]4C(N)=O)nc4ccn(S(=O)(=O)c5ccc(C)cc5)c34)c2)cc(C)c1C. The summed E-state index contributed by atoms with van der Waals surface area (Å²) in [4.78, 5) is 28.0. The van der Waals surface area contributed by atoms with Gasteiger partial charge < -0.3 is 25.3 Å². The van der Waals surface area contributed by atoms with E-state index in [9.17, 15) is 13.2 Å². The van der Waals surface area contributed by atoms with Crippen molar-refractivity contribution in [2.75, 3.05) is 23.9 Å². The lowest BCUT2D eigenvalue weighted by Crippen LogP contribution is -2.41. The number of nitrogens with zero attached hydrogens (tertiary/aromatic N) is 6. The third kappa shape index (κ3) is 5.05. The highest BCUT2D eigenvalue weighted by molar-refractivity contribution is 7.90. The molecule has 0 saturated carbocycles. The summed E-state index contributed by atoms with van der Waals surface area (Å²) in [6, 6.07) is 11.7. The molecule has 1 aliphatic rings. The van der Waals surface area contributed by atoms with Crippen molar-refractivity contribution in [2.24, 2.45) is 5.73 Å². The Morgan fingerprint density at radius 2 is 1.86 bits per heavy atom. The lowest BCUT2D eigenvalue weighted by atomic mass is 10.1. The van der Waals surface area contributed by atoms with Gasteiger partial charge in [0.15, 0.2) is 5.82 Å². The van der Waals surface area contributed by atoms with Gasteiger partial charge in [-0.1, -0.05) is 17.7 Å². The van der Waals surface area contributed by atoms with Crippen LogP contribution in [0.1, 0.15) is 29.5 Å². The first-order valence-electron chi connectivity index (χ1n) is 13.8. The molecule has 6 rings (SSSR count). The molecule has 1 fully saturated rings. The number of imidazole rings is 1. The van der Waals surface area contributed by atoms with Gasteiger partial charge in [0.2, 0.25) is 11.9 Å². The quantitative estimate of drug-likeness (QED) is 0.270. The molecule has 12 nitrogen and oxygen atoms in total. The Balaban J connectivity index is 1.47. The van der Waals surface area contributed by atoms with E-state index in [1.165, 1.54) is 10.2 Å². The van der Waals surface area contributed by atoms with Crippen LogP contribution in [0.2, 0.25) is 0 Å². The van der Waals surface area contributed by atoms with Crippen molar-refractivity contribution >= 4 is 44.5 Å². The van der Waals surface area contributed by atoms with E-state index in [-0.39, 0.29) is 22.2 Å². The number of hydrogen-bond acceptors (Lipinski definition) is 9. The van der Waals surface area contributed by atoms with Gasteiger partial charge >= 0.3 is 0 Å². The number of fused-ring (bicyclic) bond motifs is 1. The molecule has 1 saturated heterocycles. The second-order valence-electron chi connectivity index (χ2n) is 10.7. The molecule has 1 atom stereocenters. The van der Waals surface area contributed by atoms with E-state index in [1.54, 1.807) is 54.9 Å². The topological polar surface area (TPSA) is 150 Å². The van der Waals surface area contributed by atoms with Crippen LogP contribution in [0.25, 0.3) is 16.7 Å². The van der Waals surface area contributed by atoms with Crippen molar-refractivity contribution < 1.29 is 17.9 Å². The number of carbonyl (C=O) groups excluding carboxylic acids is 1. The molecule has 0 spiro atoms. The van der Waals surface area contributed by atoms with Gasteiger partial charge in [-0.15, -0.1) is 0 Å². The number of aromatic nitrogens is 5. The first-order chi connectivity index (χ1) is 20.6. The number of nitrogens with one attached hydrogen (secondary N) is 1. The molecule has 3 N–H and O–H groups in total. The number of methoxy groups -OCH3 is 1. The van der Waals surface area contributed by atoms with Crippen LogP contribution < -0.4 is 20.7 Å². The lowest BCUT2D eigenvalue weighted by Gasteiger charge is -2.23. The second-order valence-corrected chi connectivity index (χ2v) is 12.5. The third-order valence-electron chi connectivity index (χ3n) is 7.85. The predicted octanol–water partition coefficient (Wildman–Crippen LogP) is 3.99. The summed E-state index contributed by atoms with van der Waals surface area (Å²) < 4.78 is 36.1. The first-order valence-corrected chi connectivity index (χ1v) is 15.2. The Morgan fingerprint density at radius 1 is 1.09 bits per heavy atom. The Kier molecular flexibility index (Phi) is 7.04. The standard InChI is InChI=1S/C30H32N8O4S/c1-18-7-9-22(10-8-18)43(40,41)38-13-11-23-27(38)29(35-30(33-23)37-12-5-6-24(37)28(31)39)34-26-16-36(17-32-26)21-14-19(2)20(3)25(15-21)42-4/h7-11,13-17,24H,5-6,12H2,1-4H3,(H2,31,39)(H,33,34,35)/t24-/m0/s1. The number of aryl methyl sites for hydroxylation is 2. The molecule has 1 amide bonds. The van der Waals surface area contributed by atoms with E-state index in [4.69, 9.17) is 15.5 Å². The van der Waals surface area contributed by atoms with Crippen molar-refractivity contribution in [1.82, 2.24) is 23.5 Å². The number of carbonyl (C=O) groups is 1. The number of ether oxygens (including phenoxy) is 1. The summed E-state index contributed by atoms with van der Waals surface area (Å²) in [5, 5.41) is 3.22. The molecular formula is C30H32N8O4S. The van der Waals surface area contributed by atoms with Crippen LogP contribution in [0, 0.1) is 20.8 Å². The molecule has 0 unspecified atom stereocenters. The molecule has 13 heteroatoms. The number of anilines is 3. The zero-order chi connectivity index (χ0) is 30.5. The number of rotatable bonds is 8. The lowest BCUT2D eigenvalue weighted by molar-refractivity contribution is -0.119. The number of primary amides is 1. The minimum atomic E-state index is -3.99. The maximum atomic E-state index is 13.8. The van der Waals surface area contributed by atoms with E-state index in [2.05, 4.69) is 15.3 Å². The van der Waals surface area contributed by atoms with Crippen molar-refractivity contribution in [2.45, 2.75) is 44.6 Å². The molecule has 0 aliphatic carbocycles. The smallest absolute Gasteiger partial charge is 0.268 e. The third-order valence-corrected chi connectivity index (χ3v) is 9.54. The molecule has 222 valence electrons. The van der Waals surface area contributed by atoms with Gasteiger partial charge in [-0.25, -0.2) is 22.4 Å². The minimum absolute atomic E-state index is 0.131. The molecule has 0 bridgehead atoms. The highest BCUT2D eigenvalue weighted by atomic mass is 32.2. The Hall–Kier alpha value is -4.91. The molecule has 1 aliphatic heterocycles. The van der Waals surface area contributed by atoms with Crippen LogP contribution in [0.15, 0.2) is 66.1 Å². The maximum Gasteiger partial charge on any atom is 0.268 e. The number of nitrogens with two attached hydrogens (primary N) is 1. The van der Waals surface area contributed by atoms with Gasteiger partial charge in [0.05, 0.1) is 29.4 Å². The average Bonchev–Trinajstić information content (AvgIpc) is 3.74. The summed E-state index contributed by atoms with van der Waals surface area (Å²) in [5.41, 5.74) is 10.2. The highest BCUT2D eigenvalue weighted by Gasteiger charge is 2.32. The monoisotopic (exact) mass is 600 g/mol. The van der Waals surface area contributed by atoms with Crippen LogP contribution in [0.3, 0.4) is 0 Å². The van der Waals surface area contributed by atoms with Crippen molar-refractivity contribution in [3.8, 4) is 11.4 Å². The number of hydrogen-bond donors (Lipinski definition) is 2. The second kappa shape index (κ2) is 10.7. The molecule has 4 heterocycles. The first kappa shape index (κ1) is 28.2. The molecule has 2 aromatic carbocycles. The molecule has 0 radical (unpaired) electrons. The van der Waals surface area contributed by atoms with Crippen LogP contribution in [0.4, 0.5) is 17.6 Å². The van der Waals surface area contributed by atoms with Crippen molar-refractivity contribution in [1.29, 1.82) is 0 Å². The Bertz CT molecular complexity index is 1960. The van der Waals surface area contributed by atoms with Gasteiger partial charge in [0, 0.05) is 18.8 Å². The fourth-order valence-corrected chi connectivity index (χ4v) is 6.72. The molecule has 3 aromatic heterocycles. The van der Waals surface area contributed by atoms with Crippen molar-refractivity contribution in [3.63, 3.8) is 0 Å². The predicted molar refractivity (Wildman–Crippen MR) is 164 cm³/mol. The summed E-state index contributed by atoms with van der Waals surface area (Å²) in [6.45, 7) is 6.45. The van der Waals surface area contributed by atoms with Gasteiger partial charge in [-0.3, -0.25) is 4.79 Å². The molecule has 43 heavy (non-hydrogen) atoms. The van der Waals surface area contributed by atoms with Crippen LogP contribution in [0.5, 0.6) is 5.75 Å². The van der Waals surface area contributed by atoms with E-state index in [1.807, 2.05) is 37.5 Å². The average molecular weight is 601 g/mol. The fourth-order valence-electron chi connectivity index (χ4n) is 5.37. The van der Waals surface area contributed by atoms with E-state index in [0.29, 0.717) is 24.3 Å². The summed E-state index contributed by atoms with van der Waals surface area (Å²) in [5.74, 6) is 1.22. The van der Waals surface area contributed by atoms with E-state index in [0.717, 1.165) is 34.5 Å². The zero-order valence-electron chi connectivity index (χ0n) is 24.3. The summed E-state index contributed by atoms with van der Waals surface area (Å²) >= 11 is 0. The van der Waals surface area contributed by atoms with Gasteiger partial charge in [0.1, 0.15) is 29.5 Å². The summed E-state index contributed by atoms with van der Waals surface area (Å²) in [6.07, 6.45) is 6.23. The van der Waals surface area contributed by atoms with Gasteiger partial charge in [-0.2, -0.15) is 4.98 Å². The normalized spacial score (nSPS) is 15.3. The van der Waals surface area contributed by atoms with Crippen LogP contribution in [-0.4, -0.2) is 57.5 Å². The number of benzene rings is 2. The minimum Gasteiger partial charge on any atom is -0.496 e. The zero-order valence-corrected chi connectivity index (χ0v) is 25.1. The maximum absolute atomic E-state index is 13.8. The van der Waals surface area contributed by atoms with Gasteiger partial charge in [0.25, 0.3) is 10.0 Å². The van der Waals surface area contributed by atoms with E-state index < -0.39 is 22.0 Å². The Labute approximate surface area is 249 Å². The van der Waals surface area contributed by atoms with Gasteiger partial charge in [-0.05, 0) is 69.0 Å². The highest BCUT2D eigenvalue weighted by Crippen LogP contribution is 2.33. The van der Waals surface area contributed by atoms with Crippen LogP contribution in [-0.2, 0) is 14.8 Å². The Morgan fingerprint density at radius 3 is 2.58 bits per heavy atom. The van der Waals surface area contributed by atoms with Crippen molar-refractivity contribution in [3.05, 3.63) is 77.9 Å². The molecular weight excluding hydrogens is 568 g/mol. The van der Waals surface area contributed by atoms with E-state index >= 15 is 0 Å².